The molecule has 1 saturated heterocycles. The third-order valence-corrected chi connectivity index (χ3v) is 6.48. The molecule has 1 aliphatic heterocycles. The van der Waals surface area contributed by atoms with Gasteiger partial charge in [0.05, 0.1) is 10.0 Å². The SMILES string of the molecule is Cc1ccc(NC(=O)CN2C(=O)N/C(=C/c3cc(Br)ccc3OCc3ccc(Cl)c(Cl)c3)C2=O)cc1. The Morgan fingerprint density at radius 3 is 2.53 bits per heavy atom. The monoisotopic (exact) mass is 587 g/mol. The van der Waals surface area contributed by atoms with Gasteiger partial charge in [0.2, 0.25) is 5.91 Å². The fraction of sp³-hybridized carbons (Fsp3) is 0.115. The molecule has 3 aromatic rings. The number of imide groups is 1. The Morgan fingerprint density at radius 2 is 1.81 bits per heavy atom. The molecule has 1 aliphatic rings. The lowest BCUT2D eigenvalue weighted by atomic mass is 10.1. The average Bonchev–Trinajstić information content (AvgIpc) is 3.09. The summed E-state index contributed by atoms with van der Waals surface area (Å²) < 4.78 is 6.69. The Hall–Kier alpha value is -3.33. The predicted molar refractivity (Wildman–Crippen MR) is 143 cm³/mol. The lowest BCUT2D eigenvalue weighted by Crippen LogP contribution is -2.38. The van der Waals surface area contributed by atoms with Crippen molar-refractivity contribution in [1.29, 1.82) is 0 Å². The van der Waals surface area contributed by atoms with Crippen LogP contribution in [-0.4, -0.2) is 29.3 Å². The third-order valence-electron chi connectivity index (χ3n) is 5.25. The number of hydrogen-bond acceptors (Lipinski definition) is 4. The van der Waals surface area contributed by atoms with Gasteiger partial charge in [-0.3, -0.25) is 9.59 Å². The van der Waals surface area contributed by atoms with E-state index in [2.05, 4.69) is 26.6 Å². The molecule has 4 amide bonds. The Bertz CT molecular complexity index is 1380. The molecule has 0 radical (unpaired) electrons. The highest BCUT2D eigenvalue weighted by atomic mass is 79.9. The highest BCUT2D eigenvalue weighted by Crippen LogP contribution is 2.28. The molecule has 0 aliphatic carbocycles. The van der Waals surface area contributed by atoms with Crippen LogP contribution in [0, 0.1) is 6.92 Å². The van der Waals surface area contributed by atoms with E-state index in [9.17, 15) is 14.4 Å². The van der Waals surface area contributed by atoms with Crippen molar-refractivity contribution in [3.63, 3.8) is 0 Å². The van der Waals surface area contributed by atoms with Crippen LogP contribution in [0.4, 0.5) is 10.5 Å². The van der Waals surface area contributed by atoms with Gasteiger partial charge in [0, 0.05) is 15.7 Å². The van der Waals surface area contributed by atoms with E-state index in [0.29, 0.717) is 27.0 Å². The van der Waals surface area contributed by atoms with Crippen LogP contribution < -0.4 is 15.4 Å². The van der Waals surface area contributed by atoms with E-state index in [1.807, 2.05) is 19.1 Å². The van der Waals surface area contributed by atoms with Crippen molar-refractivity contribution in [3.8, 4) is 5.75 Å². The van der Waals surface area contributed by atoms with Gasteiger partial charge in [-0.05, 0) is 61.0 Å². The van der Waals surface area contributed by atoms with Gasteiger partial charge in [-0.1, -0.05) is 62.9 Å². The Morgan fingerprint density at radius 1 is 1.06 bits per heavy atom. The number of hydrogen-bond donors (Lipinski definition) is 2. The smallest absolute Gasteiger partial charge is 0.329 e. The molecule has 0 saturated carbocycles. The molecule has 0 unspecified atom stereocenters. The molecule has 10 heteroatoms. The fourth-order valence-corrected chi connectivity index (χ4v) is 4.11. The number of halogens is 3. The second-order valence-electron chi connectivity index (χ2n) is 8.01. The quantitative estimate of drug-likeness (QED) is 0.255. The number of amides is 4. The maximum absolute atomic E-state index is 12.9. The number of carbonyl (C=O) groups excluding carboxylic acids is 3. The van der Waals surface area contributed by atoms with E-state index >= 15 is 0 Å². The van der Waals surface area contributed by atoms with Crippen LogP contribution in [0.25, 0.3) is 6.08 Å². The van der Waals surface area contributed by atoms with Gasteiger partial charge in [-0.25, -0.2) is 9.69 Å². The molecule has 184 valence electrons. The van der Waals surface area contributed by atoms with Crippen molar-refractivity contribution in [2.24, 2.45) is 0 Å². The summed E-state index contributed by atoms with van der Waals surface area (Å²) in [4.78, 5) is 38.6. The molecule has 0 spiro atoms. The van der Waals surface area contributed by atoms with Crippen LogP contribution in [0.15, 0.2) is 70.8 Å². The topological polar surface area (TPSA) is 87.7 Å². The van der Waals surface area contributed by atoms with E-state index in [4.69, 9.17) is 27.9 Å². The minimum atomic E-state index is -0.682. The van der Waals surface area contributed by atoms with Gasteiger partial charge in [-0.2, -0.15) is 0 Å². The van der Waals surface area contributed by atoms with Gasteiger partial charge in [0.15, 0.2) is 0 Å². The van der Waals surface area contributed by atoms with E-state index in [1.54, 1.807) is 48.5 Å². The highest BCUT2D eigenvalue weighted by molar-refractivity contribution is 9.10. The first-order chi connectivity index (χ1) is 17.2. The lowest BCUT2D eigenvalue weighted by Gasteiger charge is -2.12. The maximum atomic E-state index is 12.9. The molecule has 0 aromatic heterocycles. The van der Waals surface area contributed by atoms with E-state index in [1.165, 1.54) is 6.08 Å². The van der Waals surface area contributed by atoms with Crippen molar-refractivity contribution in [2.45, 2.75) is 13.5 Å². The summed E-state index contributed by atoms with van der Waals surface area (Å²) in [5, 5.41) is 6.08. The third kappa shape index (κ3) is 6.26. The average molecular weight is 589 g/mol. The number of nitrogens with zero attached hydrogens (tertiary/aromatic N) is 1. The second-order valence-corrected chi connectivity index (χ2v) is 9.74. The van der Waals surface area contributed by atoms with Crippen LogP contribution in [-0.2, 0) is 16.2 Å². The normalized spacial score (nSPS) is 14.2. The fourth-order valence-electron chi connectivity index (χ4n) is 3.41. The standard InChI is InChI=1S/C26H20BrCl2N3O4/c1-15-2-6-19(7-3-15)30-24(33)13-32-25(34)22(31-26(32)35)12-17-11-18(27)5-9-23(17)36-14-16-4-8-20(28)21(29)10-16/h2-12H,13-14H2,1H3,(H,30,33)(H,31,35)/b22-12+. The van der Waals surface area contributed by atoms with Gasteiger partial charge >= 0.3 is 6.03 Å². The Labute approximate surface area is 226 Å². The molecule has 36 heavy (non-hydrogen) atoms. The number of aryl methyl sites for hydroxylation is 1. The zero-order valence-corrected chi connectivity index (χ0v) is 22.1. The first kappa shape index (κ1) is 25.8. The summed E-state index contributed by atoms with van der Waals surface area (Å²) in [5.74, 6) is -0.624. The number of rotatable bonds is 7. The summed E-state index contributed by atoms with van der Waals surface area (Å²) in [5.41, 5.74) is 3.01. The molecule has 1 heterocycles. The van der Waals surface area contributed by atoms with Crippen molar-refractivity contribution in [1.82, 2.24) is 10.2 Å². The summed E-state index contributed by atoms with van der Waals surface area (Å²) >= 11 is 15.5. The van der Waals surface area contributed by atoms with Crippen LogP contribution >= 0.6 is 39.1 Å². The molecule has 4 rings (SSSR count). The summed E-state index contributed by atoms with van der Waals surface area (Å²) in [7, 11) is 0. The van der Waals surface area contributed by atoms with Crippen LogP contribution in [0.3, 0.4) is 0 Å². The molecule has 3 aromatic carbocycles. The molecule has 1 fully saturated rings. The molecule has 0 bridgehead atoms. The zero-order valence-electron chi connectivity index (χ0n) is 19.0. The first-order valence-corrected chi connectivity index (χ1v) is 12.3. The molecule has 2 N–H and O–H groups in total. The molecular formula is C26H20BrCl2N3O4. The van der Waals surface area contributed by atoms with Crippen molar-refractivity contribution in [2.75, 3.05) is 11.9 Å². The summed E-state index contributed by atoms with van der Waals surface area (Å²) in [6, 6.07) is 17.0. The van der Waals surface area contributed by atoms with Crippen LogP contribution in [0.5, 0.6) is 5.75 Å². The predicted octanol–water partition coefficient (Wildman–Crippen LogP) is 6.17. The molecule has 0 atom stereocenters. The minimum absolute atomic E-state index is 0.0284. The first-order valence-electron chi connectivity index (χ1n) is 10.8. The summed E-state index contributed by atoms with van der Waals surface area (Å²) in [6.07, 6.45) is 1.51. The zero-order chi connectivity index (χ0) is 25.8. The largest absolute Gasteiger partial charge is 0.488 e. The maximum Gasteiger partial charge on any atom is 0.329 e. The van der Waals surface area contributed by atoms with Crippen LogP contribution in [0.2, 0.25) is 10.0 Å². The Balaban J connectivity index is 1.48. The Kier molecular flexibility index (Phi) is 7.98. The number of ether oxygens (including phenoxy) is 1. The van der Waals surface area contributed by atoms with Crippen molar-refractivity contribution >= 4 is 68.7 Å². The number of benzene rings is 3. The van der Waals surface area contributed by atoms with E-state index in [-0.39, 0.29) is 12.3 Å². The molecular weight excluding hydrogens is 569 g/mol. The van der Waals surface area contributed by atoms with Gasteiger partial charge in [0.1, 0.15) is 24.6 Å². The van der Waals surface area contributed by atoms with Gasteiger partial charge < -0.3 is 15.4 Å². The van der Waals surface area contributed by atoms with Crippen LogP contribution in [0.1, 0.15) is 16.7 Å². The number of nitrogens with one attached hydrogen (secondary N) is 2. The van der Waals surface area contributed by atoms with E-state index in [0.717, 1.165) is 20.5 Å². The second kappa shape index (κ2) is 11.2. The van der Waals surface area contributed by atoms with Crippen molar-refractivity contribution in [3.05, 3.63) is 97.6 Å². The lowest BCUT2D eigenvalue weighted by molar-refractivity contribution is -0.127. The van der Waals surface area contributed by atoms with E-state index < -0.39 is 24.4 Å². The number of carbonyl (C=O) groups is 3. The number of urea groups is 1. The highest BCUT2D eigenvalue weighted by Gasteiger charge is 2.35. The number of anilines is 1. The summed E-state index contributed by atoms with van der Waals surface area (Å²) in [6.45, 7) is 1.72. The van der Waals surface area contributed by atoms with Gasteiger partial charge in [0.25, 0.3) is 5.91 Å². The van der Waals surface area contributed by atoms with Gasteiger partial charge in [-0.15, -0.1) is 0 Å². The molecule has 7 nitrogen and oxygen atoms in total. The van der Waals surface area contributed by atoms with Crippen molar-refractivity contribution < 1.29 is 19.1 Å². The minimum Gasteiger partial charge on any atom is -0.488 e.